The van der Waals surface area contributed by atoms with Crippen molar-refractivity contribution in [3.63, 3.8) is 0 Å². The molecule has 0 aromatic heterocycles. The van der Waals surface area contributed by atoms with Crippen LogP contribution >= 0.6 is 0 Å². The van der Waals surface area contributed by atoms with Gasteiger partial charge in [-0.3, -0.25) is 0 Å². The summed E-state index contributed by atoms with van der Waals surface area (Å²) in [6.45, 7) is 11.4. The first-order valence-corrected chi connectivity index (χ1v) is 4.86. The summed E-state index contributed by atoms with van der Waals surface area (Å²) in [4.78, 5) is 0. The molecule has 0 spiro atoms. The first-order chi connectivity index (χ1) is 5.49. The summed E-state index contributed by atoms with van der Waals surface area (Å²) >= 11 is 0. The second-order valence-corrected chi connectivity index (χ2v) is 4.46. The molecule has 0 amide bonds. The Morgan fingerprint density at radius 2 is 1.92 bits per heavy atom. The molecule has 68 valence electrons. The van der Waals surface area contributed by atoms with Gasteiger partial charge in [-0.25, -0.2) is 0 Å². The predicted octanol–water partition coefficient (Wildman–Crippen LogP) is 4.09. The average molecular weight is 164 g/mol. The molecule has 0 fully saturated rings. The molecular formula is C12H20. The summed E-state index contributed by atoms with van der Waals surface area (Å²) in [6.07, 6.45) is 4.79. The van der Waals surface area contributed by atoms with Crippen LogP contribution in [0.4, 0.5) is 0 Å². The van der Waals surface area contributed by atoms with Crippen LogP contribution in [-0.4, -0.2) is 0 Å². The van der Waals surface area contributed by atoms with Crippen molar-refractivity contribution in [2.24, 2.45) is 5.41 Å². The highest BCUT2D eigenvalue weighted by Gasteiger charge is 2.25. The Morgan fingerprint density at radius 3 is 2.25 bits per heavy atom. The van der Waals surface area contributed by atoms with Crippen LogP contribution in [0.5, 0.6) is 0 Å². The van der Waals surface area contributed by atoms with Gasteiger partial charge in [0.25, 0.3) is 0 Å². The van der Waals surface area contributed by atoms with E-state index in [0.717, 1.165) is 0 Å². The van der Waals surface area contributed by atoms with Crippen molar-refractivity contribution in [2.75, 3.05) is 0 Å². The Kier molecular flexibility index (Phi) is 2.46. The van der Waals surface area contributed by atoms with E-state index >= 15 is 0 Å². The van der Waals surface area contributed by atoms with Crippen LogP contribution < -0.4 is 0 Å². The Morgan fingerprint density at radius 1 is 1.33 bits per heavy atom. The molecule has 0 N–H and O–H groups in total. The fourth-order valence-corrected chi connectivity index (χ4v) is 1.77. The second-order valence-electron chi connectivity index (χ2n) is 4.46. The highest BCUT2D eigenvalue weighted by atomic mass is 14.3. The topological polar surface area (TPSA) is 0 Å². The number of hydrogen-bond donors (Lipinski definition) is 0. The van der Waals surface area contributed by atoms with Crippen molar-refractivity contribution >= 4 is 0 Å². The van der Waals surface area contributed by atoms with Gasteiger partial charge in [0.15, 0.2) is 0 Å². The molecule has 0 aromatic carbocycles. The average Bonchev–Trinajstić information content (AvgIpc) is 2.33. The van der Waals surface area contributed by atoms with Crippen molar-refractivity contribution in [3.8, 4) is 0 Å². The van der Waals surface area contributed by atoms with Crippen LogP contribution in [0.1, 0.15) is 47.5 Å². The van der Waals surface area contributed by atoms with E-state index in [0.29, 0.717) is 5.41 Å². The van der Waals surface area contributed by atoms with E-state index in [2.05, 4.69) is 40.7 Å². The lowest BCUT2D eigenvalue weighted by Gasteiger charge is -2.26. The molecule has 0 atom stereocenters. The largest absolute Gasteiger partial charge is 0.0764 e. The van der Waals surface area contributed by atoms with Gasteiger partial charge in [-0.2, -0.15) is 0 Å². The van der Waals surface area contributed by atoms with Crippen LogP contribution in [0.15, 0.2) is 22.8 Å². The molecule has 0 radical (unpaired) electrons. The summed E-state index contributed by atoms with van der Waals surface area (Å²) in [5.41, 5.74) is 5.03. The molecule has 1 rings (SSSR count). The van der Waals surface area contributed by atoms with Crippen LogP contribution in [-0.2, 0) is 0 Å². The fourth-order valence-electron chi connectivity index (χ4n) is 1.77. The molecule has 0 aliphatic heterocycles. The third kappa shape index (κ3) is 1.48. The van der Waals surface area contributed by atoms with E-state index in [-0.39, 0.29) is 0 Å². The zero-order valence-corrected chi connectivity index (χ0v) is 8.99. The quantitative estimate of drug-likeness (QED) is 0.576. The molecular weight excluding hydrogens is 144 g/mol. The normalized spacial score (nSPS) is 18.6. The smallest absolute Gasteiger partial charge is 0.0107 e. The standard InChI is InChI=1S/C12H20/c1-6-12(4,5)11-8-7-9(2)10(11)3/h8H,6-7H2,1-5H3. The van der Waals surface area contributed by atoms with E-state index in [1.54, 1.807) is 11.1 Å². The molecule has 0 bridgehead atoms. The SMILES string of the molecule is CCC(C)(C)C1=CCC(C)=C1C. The van der Waals surface area contributed by atoms with E-state index < -0.39 is 0 Å². The highest BCUT2D eigenvalue weighted by Crippen LogP contribution is 2.40. The number of allylic oxidation sites excluding steroid dienone is 4. The van der Waals surface area contributed by atoms with Gasteiger partial charge >= 0.3 is 0 Å². The summed E-state index contributed by atoms with van der Waals surface area (Å²) < 4.78 is 0. The Balaban J connectivity index is 2.93. The zero-order valence-electron chi connectivity index (χ0n) is 8.99. The molecule has 0 nitrogen and oxygen atoms in total. The van der Waals surface area contributed by atoms with Crippen LogP contribution in [0.3, 0.4) is 0 Å². The first-order valence-electron chi connectivity index (χ1n) is 4.86. The van der Waals surface area contributed by atoms with E-state index in [1.807, 2.05) is 0 Å². The first kappa shape index (κ1) is 9.57. The van der Waals surface area contributed by atoms with E-state index in [9.17, 15) is 0 Å². The minimum Gasteiger partial charge on any atom is -0.0764 e. The lowest BCUT2D eigenvalue weighted by Crippen LogP contribution is -2.13. The van der Waals surface area contributed by atoms with Crippen molar-refractivity contribution in [3.05, 3.63) is 22.8 Å². The van der Waals surface area contributed by atoms with Crippen LogP contribution in [0, 0.1) is 5.41 Å². The Bertz CT molecular complexity index is 239. The van der Waals surface area contributed by atoms with Gasteiger partial charge in [-0.05, 0) is 43.3 Å². The molecule has 0 saturated carbocycles. The summed E-state index contributed by atoms with van der Waals surface area (Å²) in [5, 5.41) is 0. The van der Waals surface area contributed by atoms with Crippen LogP contribution in [0.2, 0.25) is 0 Å². The molecule has 0 aromatic rings. The van der Waals surface area contributed by atoms with Gasteiger partial charge in [0.2, 0.25) is 0 Å². The third-order valence-corrected chi connectivity index (χ3v) is 3.27. The molecule has 12 heavy (non-hydrogen) atoms. The minimum atomic E-state index is 0.377. The Labute approximate surface area is 76.4 Å². The van der Waals surface area contributed by atoms with E-state index in [1.165, 1.54) is 18.4 Å². The van der Waals surface area contributed by atoms with Crippen molar-refractivity contribution in [2.45, 2.75) is 47.5 Å². The lowest BCUT2D eigenvalue weighted by atomic mass is 9.79. The maximum Gasteiger partial charge on any atom is -0.0107 e. The fraction of sp³-hybridized carbons (Fsp3) is 0.667. The van der Waals surface area contributed by atoms with Gasteiger partial charge in [-0.1, -0.05) is 32.4 Å². The number of hydrogen-bond acceptors (Lipinski definition) is 0. The molecule has 1 aliphatic rings. The zero-order chi connectivity index (χ0) is 9.35. The van der Waals surface area contributed by atoms with E-state index in [4.69, 9.17) is 0 Å². The van der Waals surface area contributed by atoms with Gasteiger partial charge < -0.3 is 0 Å². The summed E-state index contributed by atoms with van der Waals surface area (Å²) in [7, 11) is 0. The maximum absolute atomic E-state index is 2.40. The Hall–Kier alpha value is -0.520. The van der Waals surface area contributed by atoms with Gasteiger partial charge in [0.05, 0.1) is 0 Å². The predicted molar refractivity (Wildman–Crippen MR) is 55.1 cm³/mol. The molecule has 0 heterocycles. The van der Waals surface area contributed by atoms with Crippen molar-refractivity contribution < 1.29 is 0 Å². The minimum absolute atomic E-state index is 0.377. The van der Waals surface area contributed by atoms with Crippen LogP contribution in [0.25, 0.3) is 0 Å². The number of rotatable bonds is 2. The summed E-state index contributed by atoms with van der Waals surface area (Å²) in [5.74, 6) is 0. The monoisotopic (exact) mass is 164 g/mol. The lowest BCUT2D eigenvalue weighted by molar-refractivity contribution is 0.435. The van der Waals surface area contributed by atoms with Gasteiger partial charge in [-0.15, -0.1) is 0 Å². The molecule has 1 aliphatic carbocycles. The third-order valence-electron chi connectivity index (χ3n) is 3.27. The van der Waals surface area contributed by atoms with Gasteiger partial charge in [0, 0.05) is 0 Å². The molecule has 0 saturated heterocycles. The highest BCUT2D eigenvalue weighted by molar-refractivity contribution is 5.43. The maximum atomic E-state index is 2.40. The van der Waals surface area contributed by atoms with Crippen molar-refractivity contribution in [1.29, 1.82) is 0 Å². The second kappa shape index (κ2) is 3.08. The summed E-state index contributed by atoms with van der Waals surface area (Å²) in [6, 6.07) is 0. The van der Waals surface area contributed by atoms with Crippen molar-refractivity contribution in [1.82, 2.24) is 0 Å². The molecule has 0 heteroatoms. The molecule has 0 unspecified atom stereocenters. The van der Waals surface area contributed by atoms with Gasteiger partial charge in [0.1, 0.15) is 0 Å².